The zero-order valence-electron chi connectivity index (χ0n) is 49.3. The van der Waals surface area contributed by atoms with Crippen LogP contribution in [0.4, 0.5) is 0 Å². The average molecular weight is 1110 g/mol. The molecule has 0 aliphatic carbocycles. The molecule has 0 spiro atoms. The second-order valence-corrected chi connectivity index (χ2v) is 23.0. The summed E-state index contributed by atoms with van der Waals surface area (Å²) in [6.07, 6.45) is 61.6. The maximum absolute atomic E-state index is 13.0. The molecule has 4 N–H and O–H groups in total. The number of carbonyl (C=O) groups excluding carboxylic acids is 1. The predicted molar refractivity (Wildman–Crippen MR) is 317 cm³/mol. The van der Waals surface area contributed by atoms with Gasteiger partial charge >= 0.3 is 16.4 Å². The Balaban J connectivity index is 2.24. The first-order chi connectivity index (χ1) is 37.6. The van der Waals surface area contributed by atoms with E-state index in [2.05, 4.69) is 66.6 Å². The Hall–Kier alpha value is -1.94. The smallest absolute Gasteiger partial charge is 0.397 e. The predicted octanol–water partition coefficient (Wildman–Crippen LogP) is 16.6. The maximum Gasteiger partial charge on any atom is 0.397 e. The highest BCUT2D eigenvalue weighted by Crippen LogP contribution is 2.26. The average Bonchev–Trinajstić information content (AvgIpc) is 3.42. The highest BCUT2D eigenvalue weighted by molar-refractivity contribution is 7.80. The van der Waals surface area contributed by atoms with Gasteiger partial charge in [-0.1, -0.05) is 281 Å². The van der Waals surface area contributed by atoms with Crippen LogP contribution in [0.1, 0.15) is 290 Å². The first-order valence-electron chi connectivity index (χ1n) is 31.9. The molecule has 0 aromatic carbocycles. The summed E-state index contributed by atoms with van der Waals surface area (Å²) in [7, 11) is -5.07. The van der Waals surface area contributed by atoms with E-state index >= 15 is 0 Å². The Morgan fingerprint density at radius 1 is 0.506 bits per heavy atom. The van der Waals surface area contributed by atoms with Crippen LogP contribution in [0.15, 0.2) is 48.6 Å². The molecule has 0 aromatic heterocycles. The summed E-state index contributed by atoms with van der Waals surface area (Å²) in [5.41, 5.74) is 0. The van der Waals surface area contributed by atoms with Gasteiger partial charge in [-0.05, 0) is 51.4 Å². The minimum Gasteiger partial charge on any atom is -0.457 e. The number of esters is 1. The highest BCUT2D eigenvalue weighted by Gasteiger charge is 2.48. The van der Waals surface area contributed by atoms with Gasteiger partial charge in [0.05, 0.1) is 19.8 Å². The Kier molecular flexibility index (Phi) is 51.9. The summed E-state index contributed by atoms with van der Waals surface area (Å²) >= 11 is 0. The van der Waals surface area contributed by atoms with Crippen LogP contribution in [0, 0.1) is 0 Å². The molecule has 1 aliphatic heterocycles. The molecule has 1 aliphatic rings. The Morgan fingerprint density at radius 2 is 0.896 bits per heavy atom. The molecular weight excluding hydrogens is 993 g/mol. The van der Waals surface area contributed by atoms with Gasteiger partial charge in [0.1, 0.15) is 30.5 Å². The summed E-state index contributed by atoms with van der Waals surface area (Å²) in [6, 6.07) is 0. The van der Waals surface area contributed by atoms with Crippen LogP contribution < -0.4 is 0 Å². The molecule has 0 saturated carbocycles. The maximum atomic E-state index is 13.0. The van der Waals surface area contributed by atoms with Crippen molar-refractivity contribution < 1.29 is 56.2 Å². The van der Waals surface area contributed by atoms with Gasteiger partial charge in [0, 0.05) is 13.0 Å². The van der Waals surface area contributed by atoms with E-state index in [1.54, 1.807) is 0 Å². The van der Waals surface area contributed by atoms with E-state index in [9.17, 15) is 33.1 Å². The van der Waals surface area contributed by atoms with Crippen LogP contribution in [0.5, 0.6) is 0 Å². The lowest BCUT2D eigenvalue weighted by Gasteiger charge is -2.41. The third kappa shape index (κ3) is 47.4. The molecule has 0 amide bonds. The Morgan fingerprint density at radius 3 is 1.31 bits per heavy atom. The van der Waals surface area contributed by atoms with Crippen molar-refractivity contribution in [3.05, 3.63) is 48.6 Å². The summed E-state index contributed by atoms with van der Waals surface area (Å²) in [5.74, 6) is -0.396. The van der Waals surface area contributed by atoms with Crippen molar-refractivity contribution in [3.8, 4) is 0 Å². The minimum absolute atomic E-state index is 0.0387. The van der Waals surface area contributed by atoms with Crippen molar-refractivity contribution in [1.29, 1.82) is 0 Å². The first kappa shape index (κ1) is 73.1. The molecule has 1 rings (SSSR count). The molecule has 0 aromatic rings. The van der Waals surface area contributed by atoms with Crippen LogP contribution in [0.25, 0.3) is 0 Å². The lowest BCUT2D eigenvalue weighted by Crippen LogP contribution is -2.60. The molecule has 77 heavy (non-hydrogen) atoms. The third-order valence-electron chi connectivity index (χ3n) is 14.7. The number of aliphatic hydroxyl groups excluding tert-OH is 3. The standard InChI is InChI=1S/C64H118O12S/c1-3-5-7-9-11-13-15-17-19-21-23-25-27-29-31-33-35-37-39-41-43-45-47-49-51-53-60(66)74-58(57-73-64-62(68)63(76-77(69,70)71)61(67)59(55-65)75-64)56-72-54-52-50-48-46-44-42-40-38-36-34-32-30-28-26-24-22-20-18-16-14-12-10-8-6-4-2/h5,7,11,13,17,19,23,25,58-59,61-65,67-68H,3-4,6,8-10,12,14-16,18,20-22,24,26-57H2,1-2H3,(H,69,70,71)/b7-5-,13-11-,19-17-,25-23-. The Labute approximate surface area is 472 Å². The van der Waals surface area contributed by atoms with Gasteiger partial charge < -0.3 is 34.3 Å². The van der Waals surface area contributed by atoms with E-state index in [0.29, 0.717) is 13.0 Å². The summed E-state index contributed by atoms with van der Waals surface area (Å²) < 4.78 is 59.6. The Bertz CT molecular complexity index is 1520. The number of hydrogen-bond donors (Lipinski definition) is 4. The summed E-state index contributed by atoms with van der Waals surface area (Å²) in [5, 5.41) is 30.9. The van der Waals surface area contributed by atoms with Crippen molar-refractivity contribution in [1.82, 2.24) is 0 Å². The molecule has 1 fully saturated rings. The molecule has 6 unspecified atom stereocenters. The normalized spacial score (nSPS) is 18.8. The van der Waals surface area contributed by atoms with E-state index in [0.717, 1.165) is 64.2 Å². The number of ether oxygens (including phenoxy) is 4. The number of carbonyl (C=O) groups is 1. The second kappa shape index (κ2) is 54.6. The first-order valence-corrected chi connectivity index (χ1v) is 33.3. The van der Waals surface area contributed by atoms with Crippen LogP contribution in [0.3, 0.4) is 0 Å². The lowest BCUT2D eigenvalue weighted by atomic mass is 9.99. The fourth-order valence-electron chi connectivity index (χ4n) is 9.96. The number of aliphatic hydroxyl groups is 3. The molecule has 1 saturated heterocycles. The quantitative estimate of drug-likeness (QED) is 0.0196. The lowest BCUT2D eigenvalue weighted by molar-refractivity contribution is -0.301. The number of allylic oxidation sites excluding steroid dienone is 8. The van der Waals surface area contributed by atoms with E-state index in [1.165, 1.54) is 199 Å². The minimum atomic E-state index is -5.07. The number of hydrogen-bond acceptors (Lipinski definition) is 11. The molecular formula is C64H118O12S. The van der Waals surface area contributed by atoms with Crippen LogP contribution >= 0.6 is 0 Å². The van der Waals surface area contributed by atoms with Crippen molar-refractivity contribution >= 4 is 16.4 Å². The van der Waals surface area contributed by atoms with Crippen molar-refractivity contribution in [2.75, 3.05) is 26.4 Å². The van der Waals surface area contributed by atoms with Gasteiger partial charge in [0.2, 0.25) is 0 Å². The molecule has 0 bridgehead atoms. The number of rotatable bonds is 57. The third-order valence-corrected chi connectivity index (χ3v) is 15.2. The molecule has 452 valence electrons. The molecule has 6 atom stereocenters. The molecule has 1 heterocycles. The van der Waals surface area contributed by atoms with Gasteiger partial charge in [-0.25, -0.2) is 4.18 Å². The van der Waals surface area contributed by atoms with Crippen LogP contribution in [-0.2, 0) is 38.3 Å². The number of unbranched alkanes of at least 4 members (excludes halogenated alkanes) is 36. The zero-order valence-corrected chi connectivity index (χ0v) is 50.1. The van der Waals surface area contributed by atoms with Crippen molar-refractivity contribution in [2.45, 2.75) is 327 Å². The SMILES string of the molecule is CC/C=C\C/C=C\C/C=C\C/C=C\CCCCCCCCCCCCCCC(=O)OC(COCCCCCCCCCCCCCCCCCCCCCCCCCCC)COC1OC(CO)C(O)C(OS(=O)(=O)O)C1O. The van der Waals surface area contributed by atoms with E-state index in [1.807, 2.05) is 0 Å². The van der Waals surface area contributed by atoms with E-state index in [4.69, 9.17) is 18.9 Å². The van der Waals surface area contributed by atoms with Crippen molar-refractivity contribution in [3.63, 3.8) is 0 Å². The fourth-order valence-corrected chi connectivity index (χ4v) is 10.5. The van der Waals surface area contributed by atoms with Gasteiger partial charge in [-0.15, -0.1) is 0 Å². The largest absolute Gasteiger partial charge is 0.457 e. The monoisotopic (exact) mass is 1110 g/mol. The highest BCUT2D eigenvalue weighted by atomic mass is 32.3. The van der Waals surface area contributed by atoms with Gasteiger partial charge in [-0.3, -0.25) is 9.35 Å². The van der Waals surface area contributed by atoms with Gasteiger partial charge in [0.15, 0.2) is 6.29 Å². The summed E-state index contributed by atoms with van der Waals surface area (Å²) in [6.45, 7) is 3.95. The molecule has 0 radical (unpaired) electrons. The molecule has 13 heteroatoms. The topological polar surface area (TPSA) is 178 Å². The van der Waals surface area contributed by atoms with Gasteiger partial charge in [-0.2, -0.15) is 8.42 Å². The summed E-state index contributed by atoms with van der Waals surface area (Å²) in [4.78, 5) is 13.0. The molecule has 12 nitrogen and oxygen atoms in total. The van der Waals surface area contributed by atoms with Gasteiger partial charge in [0.25, 0.3) is 0 Å². The fraction of sp³-hybridized carbons (Fsp3) is 0.859. The van der Waals surface area contributed by atoms with E-state index in [-0.39, 0.29) is 19.6 Å². The van der Waals surface area contributed by atoms with Crippen molar-refractivity contribution in [2.24, 2.45) is 0 Å². The van der Waals surface area contributed by atoms with Crippen LogP contribution in [-0.4, -0.2) is 97.5 Å². The second-order valence-electron chi connectivity index (χ2n) is 22.0. The van der Waals surface area contributed by atoms with E-state index < -0.39 is 59.8 Å². The zero-order chi connectivity index (χ0) is 56.0. The van der Waals surface area contributed by atoms with Crippen LogP contribution in [0.2, 0.25) is 0 Å².